The highest BCUT2D eigenvalue weighted by Crippen LogP contribution is 2.21. The van der Waals surface area contributed by atoms with Gasteiger partial charge < -0.3 is 18.3 Å². The fourth-order valence-corrected chi connectivity index (χ4v) is 8.90. The number of benzene rings is 5. The number of aromatic nitrogens is 8. The van der Waals surface area contributed by atoms with Crippen molar-refractivity contribution in [2.75, 3.05) is 26.2 Å². The first-order valence-corrected chi connectivity index (χ1v) is 20.9. The molecule has 10 heteroatoms. The van der Waals surface area contributed by atoms with E-state index in [1.165, 1.54) is 38.8 Å². The van der Waals surface area contributed by atoms with Crippen molar-refractivity contribution in [2.45, 2.75) is 45.7 Å². The maximum atomic E-state index is 5.03. The lowest BCUT2D eigenvalue weighted by Crippen LogP contribution is -2.30. The zero-order valence-corrected chi connectivity index (χ0v) is 35.0. The third-order valence-corrected chi connectivity index (χ3v) is 12.1. The highest BCUT2D eigenvalue weighted by molar-refractivity contribution is 5.77. The van der Waals surface area contributed by atoms with Crippen molar-refractivity contribution in [3.05, 3.63) is 155 Å². The van der Waals surface area contributed by atoms with Crippen LogP contribution in [0, 0.1) is 6.92 Å². The van der Waals surface area contributed by atoms with Gasteiger partial charge >= 0.3 is 0 Å². The van der Waals surface area contributed by atoms with Crippen molar-refractivity contribution in [1.29, 1.82) is 0 Å². The lowest BCUT2D eigenvalue weighted by molar-refractivity contribution is 0.263. The number of hydrogen-bond acceptors (Lipinski definition) is 6. The molecule has 0 saturated carbocycles. The average Bonchev–Trinajstić information content (AvgIpc) is 3.96. The maximum Gasteiger partial charge on any atom is 0.110 e. The lowest BCUT2D eigenvalue weighted by atomic mass is 10.0. The van der Waals surface area contributed by atoms with E-state index in [-0.39, 0.29) is 0 Å². The summed E-state index contributed by atoms with van der Waals surface area (Å²) in [6, 6.07) is 40.9. The molecule has 0 radical (unpaired) electrons. The molecule has 10 nitrogen and oxygen atoms in total. The fourth-order valence-electron chi connectivity index (χ4n) is 8.90. The predicted octanol–water partition coefficient (Wildman–Crippen LogP) is 8.12. The standard InChI is InChI=1S/C49H54N10/c1-35-30-36(33-58(26-22-46-50-38-14-6-10-18-42(38)54(46)2)27-23-47-51-39-15-7-11-19-43(39)55(47)3)32-37(31-35)34-59(28-24-48-52-40-16-8-12-20-44(40)56(48)4)29-25-49-53-41-17-9-13-21-45(41)57(49)5/h6-21,30-32H,22-29,33-34H2,1-5H3. The van der Waals surface area contributed by atoms with Crippen molar-refractivity contribution in [2.24, 2.45) is 28.2 Å². The van der Waals surface area contributed by atoms with Crippen molar-refractivity contribution in [3.63, 3.8) is 0 Å². The molecule has 5 aromatic carbocycles. The molecule has 300 valence electrons. The fraction of sp³-hybridized carbons (Fsp3) is 0.306. The van der Waals surface area contributed by atoms with Gasteiger partial charge in [-0.15, -0.1) is 0 Å². The Bertz CT molecular complexity index is 2530. The Labute approximate surface area is 346 Å². The van der Waals surface area contributed by atoms with Gasteiger partial charge in [0.25, 0.3) is 0 Å². The Morgan fingerprint density at radius 2 is 0.661 bits per heavy atom. The molecule has 0 bridgehead atoms. The van der Waals surface area contributed by atoms with Crippen LogP contribution in [-0.2, 0) is 67.0 Å². The number of rotatable bonds is 16. The molecule has 0 atom stereocenters. The van der Waals surface area contributed by atoms with Gasteiger partial charge in [-0.3, -0.25) is 9.80 Å². The number of fused-ring (bicyclic) bond motifs is 4. The summed E-state index contributed by atoms with van der Waals surface area (Å²) >= 11 is 0. The first-order valence-electron chi connectivity index (χ1n) is 20.9. The van der Waals surface area contributed by atoms with Gasteiger partial charge in [0.1, 0.15) is 23.3 Å². The van der Waals surface area contributed by atoms with E-state index in [1.807, 2.05) is 0 Å². The first kappa shape index (κ1) is 38.4. The van der Waals surface area contributed by atoms with E-state index in [2.05, 4.69) is 178 Å². The predicted molar refractivity (Wildman–Crippen MR) is 239 cm³/mol. The summed E-state index contributed by atoms with van der Waals surface area (Å²) in [7, 11) is 8.55. The van der Waals surface area contributed by atoms with E-state index in [1.54, 1.807) is 0 Å². The Balaban J connectivity index is 0.963. The highest BCUT2D eigenvalue weighted by atomic mass is 15.2. The number of aryl methyl sites for hydroxylation is 5. The summed E-state index contributed by atoms with van der Waals surface area (Å²) in [5.74, 6) is 4.45. The van der Waals surface area contributed by atoms with Crippen LogP contribution >= 0.6 is 0 Å². The number of hydrogen-bond donors (Lipinski definition) is 0. The van der Waals surface area contributed by atoms with Crippen molar-refractivity contribution >= 4 is 44.1 Å². The molecule has 0 unspecified atom stereocenters. The average molecular weight is 783 g/mol. The van der Waals surface area contributed by atoms with Crippen LogP contribution < -0.4 is 0 Å². The molecule has 59 heavy (non-hydrogen) atoms. The van der Waals surface area contributed by atoms with Gasteiger partial charge in [0, 0.05) is 93.1 Å². The summed E-state index contributed by atoms with van der Waals surface area (Å²) in [5, 5.41) is 0. The smallest absolute Gasteiger partial charge is 0.110 e. The van der Waals surface area contributed by atoms with Crippen LogP contribution in [-0.4, -0.2) is 74.2 Å². The molecule has 4 heterocycles. The molecule has 9 aromatic rings. The second-order valence-corrected chi connectivity index (χ2v) is 16.2. The lowest BCUT2D eigenvalue weighted by Gasteiger charge is -2.25. The van der Waals surface area contributed by atoms with Gasteiger partial charge in [0.2, 0.25) is 0 Å². The maximum absolute atomic E-state index is 5.03. The van der Waals surface area contributed by atoms with Crippen LogP contribution in [0.25, 0.3) is 44.1 Å². The minimum absolute atomic E-state index is 0.849. The van der Waals surface area contributed by atoms with Gasteiger partial charge in [0.15, 0.2) is 0 Å². The van der Waals surface area contributed by atoms with Crippen LogP contribution in [0.1, 0.15) is 40.0 Å². The summed E-state index contributed by atoms with van der Waals surface area (Å²) in [4.78, 5) is 25.3. The van der Waals surface area contributed by atoms with Gasteiger partial charge in [-0.2, -0.15) is 0 Å². The highest BCUT2D eigenvalue weighted by Gasteiger charge is 2.17. The van der Waals surface area contributed by atoms with Crippen LogP contribution in [0.3, 0.4) is 0 Å². The third kappa shape index (κ3) is 8.15. The van der Waals surface area contributed by atoms with Gasteiger partial charge in [-0.25, -0.2) is 19.9 Å². The Kier molecular flexibility index (Phi) is 10.8. The van der Waals surface area contributed by atoms with E-state index >= 15 is 0 Å². The van der Waals surface area contributed by atoms with Gasteiger partial charge in [-0.1, -0.05) is 72.3 Å². The summed E-state index contributed by atoms with van der Waals surface area (Å²) in [6.45, 7) is 7.52. The number of imidazole rings is 4. The second kappa shape index (κ2) is 16.6. The van der Waals surface area contributed by atoms with E-state index in [9.17, 15) is 0 Å². The zero-order chi connectivity index (χ0) is 40.5. The molecule has 0 spiro atoms. The molecule has 0 amide bonds. The SMILES string of the molecule is Cc1cc(CN(CCc2nc3ccccc3n2C)CCc2nc3ccccc3n2C)cc(CN(CCc2nc3ccccc3n2C)CCc2nc3ccccc3n2C)c1. The Morgan fingerprint density at radius 3 is 0.932 bits per heavy atom. The van der Waals surface area contributed by atoms with E-state index in [0.717, 1.165) is 110 Å². The largest absolute Gasteiger partial charge is 0.331 e. The second-order valence-electron chi connectivity index (χ2n) is 16.2. The molecule has 0 N–H and O–H groups in total. The van der Waals surface area contributed by atoms with E-state index in [0.29, 0.717) is 0 Å². The molecule has 9 rings (SSSR count). The van der Waals surface area contributed by atoms with Gasteiger partial charge in [0.05, 0.1) is 44.1 Å². The minimum atomic E-state index is 0.849. The summed E-state index contributed by atoms with van der Waals surface area (Å²) < 4.78 is 9.00. The summed E-state index contributed by atoms with van der Waals surface area (Å²) in [6.07, 6.45) is 3.46. The van der Waals surface area contributed by atoms with Crippen molar-refractivity contribution in [1.82, 2.24) is 48.0 Å². The van der Waals surface area contributed by atoms with Gasteiger partial charge in [-0.05, 0) is 66.6 Å². The molecule has 0 aliphatic heterocycles. The molecule has 0 fully saturated rings. The van der Waals surface area contributed by atoms with E-state index in [4.69, 9.17) is 19.9 Å². The Morgan fingerprint density at radius 1 is 0.390 bits per heavy atom. The molecule has 0 aliphatic rings. The normalized spacial score (nSPS) is 12.1. The van der Waals surface area contributed by atoms with E-state index < -0.39 is 0 Å². The molecule has 0 aliphatic carbocycles. The van der Waals surface area contributed by atoms with Crippen LogP contribution in [0.4, 0.5) is 0 Å². The monoisotopic (exact) mass is 782 g/mol. The quantitative estimate of drug-likeness (QED) is 0.0987. The minimum Gasteiger partial charge on any atom is -0.331 e. The number of nitrogens with zero attached hydrogens (tertiary/aromatic N) is 10. The third-order valence-electron chi connectivity index (χ3n) is 12.1. The first-order chi connectivity index (χ1) is 28.8. The molecule has 0 saturated heterocycles. The molecular weight excluding hydrogens is 729 g/mol. The molecule has 4 aromatic heterocycles. The van der Waals surface area contributed by atoms with Crippen LogP contribution in [0.15, 0.2) is 115 Å². The van der Waals surface area contributed by atoms with Crippen LogP contribution in [0.5, 0.6) is 0 Å². The Hall–Kier alpha value is -6.10. The molecular formula is C49H54N10. The zero-order valence-electron chi connectivity index (χ0n) is 35.0. The van der Waals surface area contributed by atoms with Crippen molar-refractivity contribution < 1.29 is 0 Å². The topological polar surface area (TPSA) is 77.8 Å². The summed E-state index contributed by atoms with van der Waals surface area (Å²) in [5.41, 5.74) is 12.9. The van der Waals surface area contributed by atoms with Crippen LogP contribution in [0.2, 0.25) is 0 Å². The number of para-hydroxylation sites is 8. The van der Waals surface area contributed by atoms with Crippen molar-refractivity contribution in [3.8, 4) is 0 Å².